The number of benzene rings is 1. The number of hydrogen-bond donors (Lipinski definition) is 1. The number of hydrogen-bond acceptors (Lipinski definition) is 3. The lowest BCUT2D eigenvalue weighted by atomic mass is 10.2. The van der Waals surface area contributed by atoms with Gasteiger partial charge in [0, 0.05) is 10.0 Å². The molecule has 0 bridgehead atoms. The van der Waals surface area contributed by atoms with Crippen LogP contribution >= 0.6 is 15.9 Å². The molecular weight excluding hydrogens is 303 g/mol. The number of carbonyl (C=O) groups excluding carboxylic acids is 1. The molecule has 1 amide bonds. The molecule has 18 heavy (non-hydrogen) atoms. The summed E-state index contributed by atoms with van der Waals surface area (Å²) in [5.41, 5.74) is 1.36. The average Bonchev–Trinajstić information content (AvgIpc) is 2.61. The molecule has 0 saturated carbocycles. The Morgan fingerprint density at radius 1 is 1.44 bits per heavy atom. The lowest BCUT2D eigenvalue weighted by Gasteiger charge is -2.04. The molecule has 0 aliphatic heterocycles. The van der Waals surface area contributed by atoms with E-state index in [9.17, 15) is 9.18 Å². The molecule has 2 rings (SSSR count). The minimum Gasteiger partial charge on any atom is -0.338 e. The van der Waals surface area contributed by atoms with Gasteiger partial charge in [0.2, 0.25) is 5.88 Å². The van der Waals surface area contributed by atoms with Crippen molar-refractivity contribution < 1.29 is 13.7 Å². The minimum absolute atomic E-state index is 0.0494. The predicted octanol–water partition coefficient (Wildman–Crippen LogP) is 3.45. The molecule has 4 nitrogen and oxygen atoms in total. The van der Waals surface area contributed by atoms with Crippen LogP contribution in [0.15, 0.2) is 27.2 Å². The molecule has 1 heterocycles. The van der Waals surface area contributed by atoms with Crippen molar-refractivity contribution in [3.63, 3.8) is 0 Å². The maximum Gasteiger partial charge on any atom is 0.261 e. The number of anilines is 1. The zero-order valence-corrected chi connectivity index (χ0v) is 11.3. The molecule has 0 aliphatic rings. The Hall–Kier alpha value is -1.69. The van der Waals surface area contributed by atoms with Crippen molar-refractivity contribution in [1.82, 2.24) is 5.16 Å². The van der Waals surface area contributed by atoms with E-state index in [0.717, 1.165) is 5.56 Å². The van der Waals surface area contributed by atoms with Gasteiger partial charge in [0.15, 0.2) is 0 Å². The Morgan fingerprint density at radius 3 is 2.72 bits per heavy atom. The number of nitrogens with one attached hydrogen (secondary N) is 1. The third-order valence-corrected chi connectivity index (χ3v) is 3.05. The number of carbonyl (C=O) groups is 1. The molecular formula is C12H10BrFN2O2. The molecule has 1 N–H and O–H groups in total. The van der Waals surface area contributed by atoms with Gasteiger partial charge in [-0.2, -0.15) is 0 Å². The highest BCUT2D eigenvalue weighted by molar-refractivity contribution is 9.10. The fourth-order valence-corrected chi connectivity index (χ4v) is 1.71. The summed E-state index contributed by atoms with van der Waals surface area (Å²) in [5.74, 6) is -0.935. The Kier molecular flexibility index (Phi) is 3.47. The summed E-state index contributed by atoms with van der Waals surface area (Å²) < 4.78 is 19.1. The van der Waals surface area contributed by atoms with E-state index in [1.165, 1.54) is 12.1 Å². The molecule has 1 aromatic carbocycles. The zero-order valence-electron chi connectivity index (χ0n) is 9.75. The second kappa shape index (κ2) is 4.89. The van der Waals surface area contributed by atoms with E-state index in [1.807, 2.05) is 0 Å². The molecule has 0 unspecified atom stereocenters. The summed E-state index contributed by atoms with van der Waals surface area (Å²) in [6.45, 7) is 3.52. The maximum atomic E-state index is 13.6. The summed E-state index contributed by atoms with van der Waals surface area (Å²) in [5, 5.41) is 6.19. The van der Waals surface area contributed by atoms with Gasteiger partial charge in [-0.15, -0.1) is 0 Å². The molecule has 0 atom stereocenters. The quantitative estimate of drug-likeness (QED) is 0.924. The number of amides is 1. The molecule has 0 spiro atoms. The Labute approximate surface area is 111 Å². The fourth-order valence-electron chi connectivity index (χ4n) is 1.38. The SMILES string of the molecule is Cc1noc(NC(=O)c2ccc(Br)cc2F)c1C. The average molecular weight is 313 g/mol. The van der Waals surface area contributed by atoms with Gasteiger partial charge >= 0.3 is 0 Å². The van der Waals surface area contributed by atoms with Crippen molar-refractivity contribution in [2.45, 2.75) is 13.8 Å². The van der Waals surface area contributed by atoms with Gasteiger partial charge in [0.05, 0.1) is 11.3 Å². The third kappa shape index (κ3) is 2.43. The van der Waals surface area contributed by atoms with Crippen LogP contribution in [0.1, 0.15) is 21.6 Å². The topological polar surface area (TPSA) is 55.1 Å². The van der Waals surface area contributed by atoms with Gasteiger partial charge in [0.1, 0.15) is 5.82 Å². The molecule has 0 saturated heterocycles. The Balaban J connectivity index is 2.25. The Bertz CT molecular complexity index is 610. The van der Waals surface area contributed by atoms with Crippen LogP contribution in [0, 0.1) is 19.7 Å². The fraction of sp³-hybridized carbons (Fsp3) is 0.167. The van der Waals surface area contributed by atoms with Crippen LogP contribution in [0.25, 0.3) is 0 Å². The lowest BCUT2D eigenvalue weighted by molar-refractivity contribution is 0.102. The van der Waals surface area contributed by atoms with Gasteiger partial charge in [-0.25, -0.2) is 4.39 Å². The molecule has 1 aromatic heterocycles. The van der Waals surface area contributed by atoms with E-state index >= 15 is 0 Å². The number of aromatic nitrogens is 1. The molecule has 0 fully saturated rings. The van der Waals surface area contributed by atoms with Crippen molar-refractivity contribution in [2.75, 3.05) is 5.32 Å². The van der Waals surface area contributed by atoms with Crippen LogP contribution in [0.4, 0.5) is 10.3 Å². The van der Waals surface area contributed by atoms with Gasteiger partial charge in [0.25, 0.3) is 5.91 Å². The van der Waals surface area contributed by atoms with E-state index in [1.54, 1.807) is 19.9 Å². The normalized spacial score (nSPS) is 10.4. The van der Waals surface area contributed by atoms with Crippen LogP contribution in [-0.4, -0.2) is 11.1 Å². The van der Waals surface area contributed by atoms with Gasteiger partial charge in [-0.3, -0.25) is 10.1 Å². The maximum absolute atomic E-state index is 13.6. The van der Waals surface area contributed by atoms with Gasteiger partial charge < -0.3 is 4.52 Å². The smallest absolute Gasteiger partial charge is 0.261 e. The first-order valence-electron chi connectivity index (χ1n) is 5.18. The van der Waals surface area contributed by atoms with Crippen LogP contribution in [0.5, 0.6) is 0 Å². The summed E-state index contributed by atoms with van der Waals surface area (Å²) >= 11 is 3.13. The monoisotopic (exact) mass is 312 g/mol. The van der Waals surface area contributed by atoms with E-state index in [2.05, 4.69) is 26.4 Å². The zero-order chi connectivity index (χ0) is 13.3. The first-order chi connectivity index (χ1) is 8.49. The second-order valence-corrected chi connectivity index (χ2v) is 4.72. The van der Waals surface area contributed by atoms with Gasteiger partial charge in [-0.1, -0.05) is 21.1 Å². The lowest BCUT2D eigenvalue weighted by Crippen LogP contribution is -2.13. The largest absolute Gasteiger partial charge is 0.338 e. The molecule has 0 aliphatic carbocycles. The summed E-state index contributed by atoms with van der Waals surface area (Å²) in [6, 6.07) is 4.22. The molecule has 2 aromatic rings. The highest BCUT2D eigenvalue weighted by atomic mass is 79.9. The molecule has 0 radical (unpaired) electrons. The molecule has 94 valence electrons. The minimum atomic E-state index is -0.601. The Morgan fingerprint density at radius 2 is 2.17 bits per heavy atom. The van der Waals surface area contributed by atoms with E-state index in [0.29, 0.717) is 10.2 Å². The number of nitrogens with zero attached hydrogens (tertiary/aromatic N) is 1. The number of rotatable bonds is 2. The van der Waals surface area contributed by atoms with Crippen molar-refractivity contribution in [3.05, 3.63) is 45.3 Å². The summed E-state index contributed by atoms with van der Waals surface area (Å²) in [6.07, 6.45) is 0. The predicted molar refractivity (Wildman–Crippen MR) is 68.0 cm³/mol. The number of halogens is 2. The van der Waals surface area contributed by atoms with Crippen molar-refractivity contribution in [2.24, 2.45) is 0 Å². The van der Waals surface area contributed by atoms with Crippen LogP contribution in [0.3, 0.4) is 0 Å². The highest BCUT2D eigenvalue weighted by Gasteiger charge is 2.16. The van der Waals surface area contributed by atoms with E-state index in [-0.39, 0.29) is 11.4 Å². The standard InChI is InChI=1S/C12H10BrFN2O2/c1-6-7(2)16-18-12(6)15-11(17)9-4-3-8(13)5-10(9)14/h3-5H,1-2H3,(H,15,17). The first kappa shape index (κ1) is 12.8. The first-order valence-corrected chi connectivity index (χ1v) is 5.97. The number of aryl methyl sites for hydroxylation is 1. The van der Waals surface area contributed by atoms with Crippen molar-refractivity contribution in [3.8, 4) is 0 Å². The van der Waals surface area contributed by atoms with Crippen LogP contribution < -0.4 is 5.32 Å². The van der Waals surface area contributed by atoms with Crippen molar-refractivity contribution in [1.29, 1.82) is 0 Å². The van der Waals surface area contributed by atoms with Crippen LogP contribution in [0.2, 0.25) is 0 Å². The van der Waals surface area contributed by atoms with Crippen LogP contribution in [-0.2, 0) is 0 Å². The van der Waals surface area contributed by atoms with Crippen molar-refractivity contribution >= 4 is 27.7 Å². The highest BCUT2D eigenvalue weighted by Crippen LogP contribution is 2.20. The van der Waals surface area contributed by atoms with E-state index in [4.69, 9.17) is 4.52 Å². The second-order valence-electron chi connectivity index (χ2n) is 3.80. The van der Waals surface area contributed by atoms with Gasteiger partial charge in [-0.05, 0) is 32.0 Å². The molecule has 6 heteroatoms. The van der Waals surface area contributed by atoms with E-state index < -0.39 is 11.7 Å². The summed E-state index contributed by atoms with van der Waals surface area (Å²) in [7, 11) is 0. The third-order valence-electron chi connectivity index (χ3n) is 2.56. The summed E-state index contributed by atoms with van der Waals surface area (Å²) in [4.78, 5) is 11.9.